The van der Waals surface area contributed by atoms with Crippen molar-refractivity contribution in [3.8, 4) is 0 Å². The second-order valence-corrected chi connectivity index (χ2v) is 4.73. The Morgan fingerprint density at radius 2 is 1.95 bits per heavy atom. The summed E-state index contributed by atoms with van der Waals surface area (Å²) in [5, 5.41) is 8.81. The monoisotopic (exact) mass is 305 g/mol. The van der Waals surface area contributed by atoms with Gasteiger partial charge in [-0.3, -0.25) is 4.79 Å². The smallest absolute Gasteiger partial charge is 0.397 e. The number of carbonyl (C=O) groups is 1. The highest BCUT2D eigenvalue weighted by Gasteiger charge is 2.33. The van der Waals surface area contributed by atoms with E-state index in [1.54, 1.807) is 25.1 Å². The molecule has 1 amide bonds. The Labute approximate surface area is 120 Å². The van der Waals surface area contributed by atoms with E-state index >= 15 is 0 Å². The maximum atomic E-state index is 12.4. The number of benzene rings is 1. The molecular formula is C13H18F3N3O2. The van der Waals surface area contributed by atoms with E-state index in [0.29, 0.717) is 16.3 Å². The van der Waals surface area contributed by atoms with E-state index in [1.165, 1.54) is 12.1 Å². The van der Waals surface area contributed by atoms with Gasteiger partial charge in [0.2, 0.25) is 0 Å². The van der Waals surface area contributed by atoms with Crippen LogP contribution in [0.15, 0.2) is 18.2 Å². The number of hydrogen-bond acceptors (Lipinski definition) is 4. The third-order valence-electron chi connectivity index (χ3n) is 2.78. The summed E-state index contributed by atoms with van der Waals surface area (Å²) in [7, 11) is 3.52. The van der Waals surface area contributed by atoms with E-state index < -0.39 is 31.8 Å². The number of amides is 1. The number of alkyl halides is 3. The van der Waals surface area contributed by atoms with Crippen molar-refractivity contribution in [1.82, 2.24) is 4.90 Å². The summed E-state index contributed by atoms with van der Waals surface area (Å²) in [6.07, 6.45) is -4.53. The van der Waals surface area contributed by atoms with Crippen molar-refractivity contribution < 1.29 is 23.1 Å². The molecule has 0 fully saturated rings. The second kappa shape index (κ2) is 6.66. The first-order chi connectivity index (χ1) is 9.65. The molecule has 8 heteroatoms. The topological polar surface area (TPSA) is 69.8 Å². The molecule has 5 nitrogen and oxygen atoms in total. The Hall–Kier alpha value is -1.96. The van der Waals surface area contributed by atoms with Crippen molar-refractivity contribution >= 4 is 17.3 Å². The first kappa shape index (κ1) is 17.1. The summed E-state index contributed by atoms with van der Waals surface area (Å²) < 4.78 is 37.3. The van der Waals surface area contributed by atoms with E-state index in [0.717, 1.165) is 0 Å². The molecule has 0 saturated heterocycles. The molecule has 0 unspecified atom stereocenters. The average Bonchev–Trinajstić information content (AvgIpc) is 2.35. The molecule has 0 bridgehead atoms. The van der Waals surface area contributed by atoms with Gasteiger partial charge in [0.05, 0.1) is 18.0 Å². The van der Waals surface area contributed by atoms with Crippen LogP contribution in [-0.4, -0.2) is 55.9 Å². The van der Waals surface area contributed by atoms with Crippen LogP contribution in [0.25, 0.3) is 0 Å². The normalized spacial score (nSPS) is 11.3. The number of aliphatic hydroxyl groups is 1. The Bertz CT molecular complexity index is 504. The Kier molecular flexibility index (Phi) is 5.42. The van der Waals surface area contributed by atoms with Gasteiger partial charge in [-0.05, 0) is 18.2 Å². The third-order valence-corrected chi connectivity index (χ3v) is 2.78. The minimum absolute atomic E-state index is 0.0517. The van der Waals surface area contributed by atoms with E-state index in [-0.39, 0.29) is 5.56 Å². The maximum absolute atomic E-state index is 12.4. The van der Waals surface area contributed by atoms with Crippen LogP contribution in [0, 0.1) is 0 Å². The zero-order chi connectivity index (χ0) is 16.2. The highest BCUT2D eigenvalue weighted by molar-refractivity contribution is 5.96. The lowest BCUT2D eigenvalue weighted by molar-refractivity contribution is -0.141. The van der Waals surface area contributed by atoms with Crippen molar-refractivity contribution in [2.45, 2.75) is 6.18 Å². The van der Waals surface area contributed by atoms with E-state index in [4.69, 9.17) is 10.8 Å². The number of nitrogens with two attached hydrogens (primary N) is 1. The van der Waals surface area contributed by atoms with Crippen LogP contribution in [0.3, 0.4) is 0 Å². The van der Waals surface area contributed by atoms with E-state index in [2.05, 4.69) is 0 Å². The molecule has 1 aromatic carbocycles. The number of rotatable bonds is 5. The molecule has 1 aromatic rings. The molecule has 0 heterocycles. The predicted molar refractivity (Wildman–Crippen MR) is 74.2 cm³/mol. The molecule has 0 atom stereocenters. The van der Waals surface area contributed by atoms with E-state index in [1.807, 2.05) is 0 Å². The lowest BCUT2D eigenvalue weighted by Crippen LogP contribution is -2.40. The standard InChI is InChI=1S/C13H18F3N3O2/c1-18(2)11-4-3-9(7-10(11)17)12(21)19(5-6-20)8-13(14,15)16/h3-4,7,20H,5-6,8,17H2,1-2H3. The van der Waals surface area contributed by atoms with Gasteiger partial charge in [0.25, 0.3) is 5.91 Å². The summed E-state index contributed by atoms with van der Waals surface area (Å²) >= 11 is 0. The summed E-state index contributed by atoms with van der Waals surface area (Å²) in [6.45, 7) is -2.36. The predicted octanol–water partition coefficient (Wildman–Crippen LogP) is 1.33. The Morgan fingerprint density at radius 1 is 1.33 bits per heavy atom. The molecule has 0 spiro atoms. The van der Waals surface area contributed by atoms with Crippen LogP contribution in [0.5, 0.6) is 0 Å². The largest absolute Gasteiger partial charge is 0.406 e. The van der Waals surface area contributed by atoms with Crippen LogP contribution in [-0.2, 0) is 0 Å². The van der Waals surface area contributed by atoms with Crippen molar-refractivity contribution in [3.63, 3.8) is 0 Å². The van der Waals surface area contributed by atoms with Gasteiger partial charge in [0.1, 0.15) is 6.54 Å². The lowest BCUT2D eigenvalue weighted by atomic mass is 10.1. The number of halogens is 3. The first-order valence-corrected chi connectivity index (χ1v) is 6.19. The zero-order valence-corrected chi connectivity index (χ0v) is 11.8. The van der Waals surface area contributed by atoms with Crippen LogP contribution >= 0.6 is 0 Å². The highest BCUT2D eigenvalue weighted by Crippen LogP contribution is 2.24. The van der Waals surface area contributed by atoms with Gasteiger partial charge in [-0.25, -0.2) is 0 Å². The molecule has 0 saturated carbocycles. The molecule has 0 aliphatic rings. The number of anilines is 2. The van der Waals surface area contributed by atoms with Crippen molar-refractivity contribution in [3.05, 3.63) is 23.8 Å². The number of carbonyl (C=O) groups excluding carboxylic acids is 1. The SMILES string of the molecule is CN(C)c1ccc(C(=O)N(CCO)CC(F)(F)F)cc1N. The fourth-order valence-electron chi connectivity index (χ4n) is 1.87. The fraction of sp³-hybridized carbons (Fsp3) is 0.462. The van der Waals surface area contributed by atoms with Crippen LogP contribution in [0.1, 0.15) is 10.4 Å². The summed E-state index contributed by atoms with van der Waals surface area (Å²) in [6, 6.07) is 4.31. The zero-order valence-electron chi connectivity index (χ0n) is 11.8. The number of aliphatic hydroxyl groups excluding tert-OH is 1. The molecule has 1 rings (SSSR count). The molecule has 0 aliphatic heterocycles. The van der Waals surface area contributed by atoms with Crippen molar-refractivity contribution in [2.24, 2.45) is 0 Å². The minimum atomic E-state index is -4.53. The quantitative estimate of drug-likeness (QED) is 0.805. The Balaban J connectivity index is 3.01. The molecule has 0 radical (unpaired) electrons. The van der Waals surface area contributed by atoms with Crippen LogP contribution in [0.2, 0.25) is 0 Å². The number of nitrogen functional groups attached to an aromatic ring is 1. The molecule has 0 aromatic heterocycles. The van der Waals surface area contributed by atoms with Gasteiger partial charge >= 0.3 is 6.18 Å². The van der Waals surface area contributed by atoms with E-state index in [9.17, 15) is 18.0 Å². The molecular weight excluding hydrogens is 287 g/mol. The highest BCUT2D eigenvalue weighted by atomic mass is 19.4. The lowest BCUT2D eigenvalue weighted by Gasteiger charge is -2.24. The molecule has 0 aliphatic carbocycles. The van der Waals surface area contributed by atoms with Gasteiger partial charge in [0.15, 0.2) is 0 Å². The fourth-order valence-corrected chi connectivity index (χ4v) is 1.87. The van der Waals surface area contributed by atoms with Gasteiger partial charge in [-0.15, -0.1) is 0 Å². The minimum Gasteiger partial charge on any atom is -0.397 e. The van der Waals surface area contributed by atoms with Crippen molar-refractivity contribution in [2.75, 3.05) is 44.4 Å². The average molecular weight is 305 g/mol. The van der Waals surface area contributed by atoms with Gasteiger partial charge in [0, 0.05) is 26.2 Å². The first-order valence-electron chi connectivity index (χ1n) is 6.19. The van der Waals surface area contributed by atoms with Gasteiger partial charge in [-0.2, -0.15) is 13.2 Å². The van der Waals surface area contributed by atoms with Crippen LogP contribution in [0.4, 0.5) is 24.5 Å². The maximum Gasteiger partial charge on any atom is 0.406 e. The number of hydrogen-bond donors (Lipinski definition) is 2. The summed E-state index contributed by atoms with van der Waals surface area (Å²) in [5.74, 6) is -0.821. The molecule has 118 valence electrons. The second-order valence-electron chi connectivity index (χ2n) is 4.73. The van der Waals surface area contributed by atoms with Gasteiger partial charge in [-0.1, -0.05) is 0 Å². The summed E-state index contributed by atoms with van der Waals surface area (Å²) in [4.78, 5) is 14.4. The van der Waals surface area contributed by atoms with Crippen LogP contribution < -0.4 is 10.6 Å². The third kappa shape index (κ3) is 4.82. The molecule has 3 N–H and O–H groups in total. The van der Waals surface area contributed by atoms with Crippen molar-refractivity contribution in [1.29, 1.82) is 0 Å². The Morgan fingerprint density at radius 3 is 2.38 bits per heavy atom. The molecule has 21 heavy (non-hydrogen) atoms. The number of nitrogens with zero attached hydrogens (tertiary/aromatic N) is 2. The summed E-state index contributed by atoms with van der Waals surface area (Å²) in [5.41, 5.74) is 6.79. The van der Waals surface area contributed by atoms with Gasteiger partial charge < -0.3 is 20.6 Å².